The predicted octanol–water partition coefficient (Wildman–Crippen LogP) is 2.42. The molecule has 118 valence electrons. The van der Waals surface area contributed by atoms with Gasteiger partial charge in [-0.25, -0.2) is 13.1 Å². The van der Waals surface area contributed by atoms with E-state index in [0.29, 0.717) is 13.0 Å². The van der Waals surface area contributed by atoms with Gasteiger partial charge >= 0.3 is 5.97 Å². The van der Waals surface area contributed by atoms with Crippen molar-refractivity contribution in [2.75, 3.05) is 13.7 Å². The van der Waals surface area contributed by atoms with Crippen LogP contribution in [0.5, 0.6) is 0 Å². The normalized spacial score (nSPS) is 12.9. The first-order chi connectivity index (χ1) is 9.89. The predicted molar refractivity (Wildman–Crippen MR) is 83.9 cm³/mol. The summed E-state index contributed by atoms with van der Waals surface area (Å²) in [7, 11) is -2.06. The summed E-state index contributed by atoms with van der Waals surface area (Å²) in [5.74, 6) is -0.252. The molecule has 0 aliphatic rings. The van der Waals surface area contributed by atoms with Gasteiger partial charge in [0.25, 0.3) is 0 Å². The Morgan fingerprint density at radius 3 is 2.48 bits per heavy atom. The molecule has 0 amide bonds. The Hall–Kier alpha value is -1.05. The number of hydrogen-bond donors (Lipinski definition) is 1. The molecule has 0 aromatic heterocycles. The highest BCUT2D eigenvalue weighted by Crippen LogP contribution is 2.26. The molecule has 1 N–H and O–H groups in total. The zero-order valence-corrected chi connectivity index (χ0v) is 14.1. The van der Waals surface area contributed by atoms with Crippen LogP contribution in [-0.2, 0) is 19.6 Å². The Morgan fingerprint density at radius 2 is 1.95 bits per heavy atom. The quantitative estimate of drug-likeness (QED) is 0.585. The molecule has 0 aliphatic heterocycles. The van der Waals surface area contributed by atoms with E-state index < -0.39 is 10.0 Å². The van der Waals surface area contributed by atoms with Gasteiger partial charge < -0.3 is 4.74 Å². The number of hydrogen-bond acceptors (Lipinski definition) is 5. The highest BCUT2D eigenvalue weighted by molar-refractivity contribution is 8.00. The van der Waals surface area contributed by atoms with Crippen molar-refractivity contribution in [1.29, 1.82) is 0 Å². The number of carbonyl (C=O) groups is 1. The lowest BCUT2D eigenvalue weighted by atomic mass is 10.3. The first-order valence-corrected chi connectivity index (χ1v) is 9.08. The van der Waals surface area contributed by atoms with E-state index in [1.165, 1.54) is 18.9 Å². The summed E-state index contributed by atoms with van der Waals surface area (Å²) in [5.41, 5.74) is 0. The van der Waals surface area contributed by atoms with E-state index in [9.17, 15) is 13.2 Å². The van der Waals surface area contributed by atoms with Gasteiger partial charge in [-0.3, -0.25) is 4.79 Å². The molecule has 0 radical (unpaired) electrons. The fraction of sp³-hybridized carbons (Fsp3) is 0.500. The molecule has 1 rings (SSSR count). The van der Waals surface area contributed by atoms with Gasteiger partial charge in [-0.1, -0.05) is 13.8 Å². The smallest absolute Gasteiger partial charge is 0.306 e. The average molecular weight is 331 g/mol. The van der Waals surface area contributed by atoms with Crippen molar-refractivity contribution in [3.63, 3.8) is 0 Å². The van der Waals surface area contributed by atoms with Crippen molar-refractivity contribution in [2.24, 2.45) is 0 Å². The number of ether oxygens (including phenoxy) is 1. The lowest BCUT2D eigenvalue weighted by molar-refractivity contribution is -0.140. The van der Waals surface area contributed by atoms with E-state index in [-0.39, 0.29) is 16.1 Å². The zero-order chi connectivity index (χ0) is 15.9. The molecular formula is C14H21NO4S2. The molecule has 0 saturated heterocycles. The van der Waals surface area contributed by atoms with Crippen LogP contribution >= 0.6 is 11.8 Å². The van der Waals surface area contributed by atoms with Gasteiger partial charge in [0.05, 0.1) is 18.4 Å². The molecule has 0 bridgehead atoms. The topological polar surface area (TPSA) is 72.5 Å². The number of benzene rings is 1. The second kappa shape index (κ2) is 8.41. The van der Waals surface area contributed by atoms with Crippen molar-refractivity contribution >= 4 is 27.8 Å². The van der Waals surface area contributed by atoms with Crippen molar-refractivity contribution < 1.29 is 17.9 Å². The molecule has 1 aromatic rings. The summed E-state index contributed by atoms with van der Waals surface area (Å²) >= 11 is 1.51. The number of thioether (sulfide) groups is 1. The van der Waals surface area contributed by atoms with Crippen LogP contribution in [0.1, 0.15) is 26.7 Å². The van der Waals surface area contributed by atoms with Crippen molar-refractivity contribution in [1.82, 2.24) is 4.72 Å². The lowest BCUT2D eigenvalue weighted by Crippen LogP contribution is -2.24. The molecule has 0 aliphatic carbocycles. The lowest BCUT2D eigenvalue weighted by Gasteiger charge is -2.10. The van der Waals surface area contributed by atoms with Gasteiger partial charge in [-0.15, -0.1) is 11.8 Å². The van der Waals surface area contributed by atoms with E-state index >= 15 is 0 Å². The summed E-state index contributed by atoms with van der Waals surface area (Å²) in [4.78, 5) is 12.3. The average Bonchev–Trinajstić information content (AvgIpc) is 2.45. The molecule has 1 aromatic carbocycles. The third kappa shape index (κ3) is 6.07. The molecule has 0 heterocycles. The molecule has 7 heteroatoms. The van der Waals surface area contributed by atoms with E-state index in [0.717, 1.165) is 11.3 Å². The standard InChI is InChI=1S/C14H21NO4S2/c1-4-9-15-21(17,18)13-7-5-12(6-8-13)20-11(2)10-14(16)19-3/h5-8,11,15H,4,9-10H2,1-3H3. The number of carbonyl (C=O) groups excluding carboxylic acids is 1. The molecule has 21 heavy (non-hydrogen) atoms. The molecule has 1 unspecified atom stereocenters. The summed E-state index contributed by atoms with van der Waals surface area (Å²) in [6, 6.07) is 6.65. The van der Waals surface area contributed by atoms with Crippen molar-refractivity contribution in [3.05, 3.63) is 24.3 Å². The van der Waals surface area contributed by atoms with Crippen LogP contribution in [0.4, 0.5) is 0 Å². The molecule has 0 spiro atoms. The van der Waals surface area contributed by atoms with Gasteiger partial charge in [0.2, 0.25) is 10.0 Å². The Kier molecular flexibility index (Phi) is 7.21. The second-order valence-corrected chi connectivity index (χ2v) is 7.86. The van der Waals surface area contributed by atoms with E-state index in [2.05, 4.69) is 9.46 Å². The molecule has 0 saturated carbocycles. The van der Waals surface area contributed by atoms with Gasteiger partial charge in [-0.05, 0) is 30.7 Å². The largest absolute Gasteiger partial charge is 0.469 e. The highest BCUT2D eigenvalue weighted by Gasteiger charge is 2.14. The van der Waals surface area contributed by atoms with Crippen LogP contribution in [0.25, 0.3) is 0 Å². The minimum absolute atomic E-state index is 0.0677. The van der Waals surface area contributed by atoms with E-state index in [4.69, 9.17) is 0 Å². The minimum atomic E-state index is -3.42. The van der Waals surface area contributed by atoms with E-state index in [1.807, 2.05) is 13.8 Å². The number of nitrogens with one attached hydrogen (secondary N) is 1. The molecule has 0 fully saturated rings. The maximum absolute atomic E-state index is 11.9. The first kappa shape index (κ1) is 18.0. The van der Waals surface area contributed by atoms with Gasteiger partial charge in [0, 0.05) is 16.7 Å². The third-order valence-corrected chi connectivity index (χ3v) is 5.29. The number of methoxy groups -OCH3 is 1. The van der Waals surface area contributed by atoms with Crippen molar-refractivity contribution in [2.45, 2.75) is 41.7 Å². The molecule has 5 nitrogen and oxygen atoms in total. The zero-order valence-electron chi connectivity index (χ0n) is 12.5. The molecule has 1 atom stereocenters. The Bertz CT molecular complexity index is 555. The summed E-state index contributed by atoms with van der Waals surface area (Å²) < 4.78 is 31.0. The highest BCUT2D eigenvalue weighted by atomic mass is 32.2. The van der Waals surface area contributed by atoms with Gasteiger partial charge in [0.1, 0.15) is 0 Å². The number of sulfonamides is 1. The Morgan fingerprint density at radius 1 is 1.33 bits per heavy atom. The summed E-state index contributed by atoms with van der Waals surface area (Å²) in [6.45, 7) is 4.26. The number of esters is 1. The maximum atomic E-state index is 11.9. The van der Waals surface area contributed by atoms with Crippen LogP contribution in [0.2, 0.25) is 0 Å². The summed E-state index contributed by atoms with van der Waals surface area (Å²) in [5, 5.41) is 0.0677. The third-order valence-electron chi connectivity index (χ3n) is 2.70. The second-order valence-electron chi connectivity index (χ2n) is 4.58. The SMILES string of the molecule is CCCNS(=O)(=O)c1ccc(SC(C)CC(=O)OC)cc1. The van der Waals surface area contributed by atoms with Gasteiger partial charge in [-0.2, -0.15) is 0 Å². The minimum Gasteiger partial charge on any atom is -0.469 e. The Labute approximate surface area is 130 Å². The first-order valence-electron chi connectivity index (χ1n) is 6.72. The van der Waals surface area contributed by atoms with Crippen LogP contribution in [0, 0.1) is 0 Å². The number of rotatable bonds is 8. The van der Waals surface area contributed by atoms with E-state index in [1.54, 1.807) is 24.3 Å². The van der Waals surface area contributed by atoms with Crippen LogP contribution in [0.15, 0.2) is 34.1 Å². The monoisotopic (exact) mass is 331 g/mol. The fourth-order valence-electron chi connectivity index (χ4n) is 1.61. The van der Waals surface area contributed by atoms with Crippen molar-refractivity contribution in [3.8, 4) is 0 Å². The van der Waals surface area contributed by atoms with Crippen LogP contribution in [0.3, 0.4) is 0 Å². The fourth-order valence-corrected chi connectivity index (χ4v) is 3.72. The van der Waals surface area contributed by atoms with Crippen LogP contribution in [-0.4, -0.2) is 33.3 Å². The van der Waals surface area contributed by atoms with Crippen LogP contribution < -0.4 is 4.72 Å². The summed E-state index contributed by atoms with van der Waals surface area (Å²) in [6.07, 6.45) is 1.07. The Balaban J connectivity index is 2.68. The van der Waals surface area contributed by atoms with Gasteiger partial charge in [0.15, 0.2) is 0 Å². The maximum Gasteiger partial charge on any atom is 0.306 e. The molecular weight excluding hydrogens is 310 g/mol.